The number of hydrogen-bond acceptors (Lipinski definition) is 3. The summed E-state index contributed by atoms with van der Waals surface area (Å²) in [6, 6.07) is 7.78. The average molecular weight is 335 g/mol. The van der Waals surface area contributed by atoms with Crippen molar-refractivity contribution in [2.45, 2.75) is 19.1 Å². The molecule has 23 heavy (non-hydrogen) atoms. The van der Waals surface area contributed by atoms with E-state index in [0.717, 1.165) is 12.0 Å². The summed E-state index contributed by atoms with van der Waals surface area (Å²) in [6.07, 6.45) is 4.12. The van der Waals surface area contributed by atoms with E-state index in [0.29, 0.717) is 24.7 Å². The van der Waals surface area contributed by atoms with Crippen LogP contribution in [0.3, 0.4) is 0 Å². The predicted octanol–water partition coefficient (Wildman–Crippen LogP) is 3.31. The van der Waals surface area contributed by atoms with Crippen molar-refractivity contribution in [3.05, 3.63) is 64.7 Å². The van der Waals surface area contributed by atoms with Gasteiger partial charge in [0, 0.05) is 30.5 Å². The lowest BCUT2D eigenvalue weighted by atomic mass is 10.2. The second kappa shape index (κ2) is 7.06. The summed E-state index contributed by atoms with van der Waals surface area (Å²) in [5, 5.41) is 0.347. The summed E-state index contributed by atoms with van der Waals surface area (Å²) < 4.78 is 19.6. The van der Waals surface area contributed by atoms with E-state index < -0.39 is 5.82 Å². The van der Waals surface area contributed by atoms with Crippen molar-refractivity contribution in [1.29, 1.82) is 0 Å². The van der Waals surface area contributed by atoms with Gasteiger partial charge in [-0.1, -0.05) is 11.6 Å². The van der Waals surface area contributed by atoms with Gasteiger partial charge in [0.1, 0.15) is 5.82 Å². The van der Waals surface area contributed by atoms with Crippen LogP contribution in [-0.4, -0.2) is 35.0 Å². The van der Waals surface area contributed by atoms with Gasteiger partial charge in [-0.25, -0.2) is 4.39 Å². The van der Waals surface area contributed by atoms with Crippen LogP contribution in [0.5, 0.6) is 0 Å². The predicted molar refractivity (Wildman–Crippen MR) is 84.7 cm³/mol. The van der Waals surface area contributed by atoms with Crippen LogP contribution in [0.1, 0.15) is 22.3 Å². The van der Waals surface area contributed by atoms with E-state index >= 15 is 0 Å². The fraction of sp³-hybridized carbons (Fsp3) is 0.294. The molecule has 0 N–H and O–H groups in total. The zero-order valence-corrected chi connectivity index (χ0v) is 13.2. The molecule has 1 aliphatic heterocycles. The van der Waals surface area contributed by atoms with Gasteiger partial charge in [0.15, 0.2) is 0 Å². The Morgan fingerprint density at radius 3 is 2.91 bits per heavy atom. The smallest absolute Gasteiger partial charge is 0.256 e. The van der Waals surface area contributed by atoms with Crippen LogP contribution in [0.15, 0.2) is 42.7 Å². The molecule has 1 aromatic heterocycles. The number of likely N-dealkylation sites (tertiary alicyclic amines) is 1. The van der Waals surface area contributed by atoms with E-state index in [1.807, 2.05) is 12.1 Å². The highest BCUT2D eigenvalue weighted by Crippen LogP contribution is 2.21. The fourth-order valence-electron chi connectivity index (χ4n) is 2.57. The van der Waals surface area contributed by atoms with Gasteiger partial charge in [0.05, 0.1) is 18.3 Å². The molecule has 3 rings (SSSR count). The van der Waals surface area contributed by atoms with Crippen LogP contribution >= 0.6 is 11.6 Å². The maximum absolute atomic E-state index is 13.8. The molecule has 1 unspecified atom stereocenters. The zero-order chi connectivity index (χ0) is 16.2. The molecule has 6 heteroatoms. The van der Waals surface area contributed by atoms with Crippen molar-refractivity contribution < 1.29 is 13.9 Å². The monoisotopic (exact) mass is 334 g/mol. The molecule has 1 atom stereocenters. The van der Waals surface area contributed by atoms with E-state index in [-0.39, 0.29) is 17.6 Å². The number of pyridine rings is 1. The number of hydrogen-bond donors (Lipinski definition) is 0. The number of rotatable bonds is 4. The maximum Gasteiger partial charge on any atom is 0.256 e. The van der Waals surface area contributed by atoms with Crippen molar-refractivity contribution in [3.63, 3.8) is 0 Å². The molecule has 1 aliphatic rings. The van der Waals surface area contributed by atoms with Crippen LogP contribution in [-0.2, 0) is 11.3 Å². The molecule has 2 aromatic rings. The first kappa shape index (κ1) is 15.9. The maximum atomic E-state index is 13.8. The third kappa shape index (κ3) is 3.86. The Balaban J connectivity index is 1.59. The van der Waals surface area contributed by atoms with Crippen molar-refractivity contribution in [3.8, 4) is 0 Å². The summed E-state index contributed by atoms with van der Waals surface area (Å²) in [5.74, 6) is -0.902. The van der Waals surface area contributed by atoms with Gasteiger partial charge in [-0.2, -0.15) is 0 Å². The zero-order valence-electron chi connectivity index (χ0n) is 12.4. The minimum absolute atomic E-state index is 0.00674. The second-order valence-electron chi connectivity index (χ2n) is 5.45. The summed E-state index contributed by atoms with van der Waals surface area (Å²) in [7, 11) is 0. The Morgan fingerprint density at radius 1 is 1.35 bits per heavy atom. The summed E-state index contributed by atoms with van der Waals surface area (Å²) in [4.78, 5) is 18.0. The molecule has 1 aromatic carbocycles. The van der Waals surface area contributed by atoms with Crippen LogP contribution < -0.4 is 0 Å². The molecule has 4 nitrogen and oxygen atoms in total. The van der Waals surface area contributed by atoms with E-state index in [1.54, 1.807) is 17.3 Å². The summed E-state index contributed by atoms with van der Waals surface area (Å²) >= 11 is 5.85. The van der Waals surface area contributed by atoms with Crippen LogP contribution in [0.2, 0.25) is 5.02 Å². The minimum Gasteiger partial charge on any atom is -0.372 e. The van der Waals surface area contributed by atoms with Gasteiger partial charge in [-0.3, -0.25) is 9.78 Å². The van der Waals surface area contributed by atoms with E-state index in [9.17, 15) is 9.18 Å². The van der Waals surface area contributed by atoms with Gasteiger partial charge in [-0.15, -0.1) is 0 Å². The third-order valence-corrected chi connectivity index (χ3v) is 4.06. The van der Waals surface area contributed by atoms with E-state index in [1.165, 1.54) is 18.2 Å². The first-order valence-corrected chi connectivity index (χ1v) is 7.76. The Hall–Kier alpha value is -1.98. The Labute approximate surface area is 138 Å². The van der Waals surface area contributed by atoms with Gasteiger partial charge in [0.25, 0.3) is 5.91 Å². The lowest BCUT2D eigenvalue weighted by molar-refractivity contribution is 0.0436. The standard InChI is InChI=1S/C17H16ClFN2O2/c18-13-1-2-16(19)15(9-13)17(22)21-8-5-14(10-21)23-11-12-3-6-20-7-4-12/h1-4,6-7,9,14H,5,8,10-11H2. The Morgan fingerprint density at radius 2 is 2.13 bits per heavy atom. The second-order valence-corrected chi connectivity index (χ2v) is 5.89. The lowest BCUT2D eigenvalue weighted by Crippen LogP contribution is -2.30. The topological polar surface area (TPSA) is 42.4 Å². The summed E-state index contributed by atoms with van der Waals surface area (Å²) in [6.45, 7) is 1.47. The molecular weight excluding hydrogens is 319 g/mol. The number of carbonyl (C=O) groups is 1. The summed E-state index contributed by atoms with van der Waals surface area (Å²) in [5.41, 5.74) is 1.04. The largest absolute Gasteiger partial charge is 0.372 e. The number of benzene rings is 1. The molecule has 1 saturated heterocycles. The molecule has 0 radical (unpaired) electrons. The molecule has 1 fully saturated rings. The van der Waals surface area contributed by atoms with Gasteiger partial charge in [0.2, 0.25) is 0 Å². The number of amides is 1. The van der Waals surface area contributed by atoms with Crippen LogP contribution in [0.4, 0.5) is 4.39 Å². The van der Waals surface area contributed by atoms with E-state index in [2.05, 4.69) is 4.98 Å². The minimum atomic E-state index is -0.555. The van der Waals surface area contributed by atoms with Gasteiger partial charge in [-0.05, 0) is 42.3 Å². The molecule has 120 valence electrons. The first-order chi connectivity index (χ1) is 11.1. The molecular formula is C17H16ClFN2O2. The van der Waals surface area contributed by atoms with Gasteiger partial charge >= 0.3 is 0 Å². The quantitative estimate of drug-likeness (QED) is 0.861. The lowest BCUT2D eigenvalue weighted by Gasteiger charge is -2.17. The van der Waals surface area contributed by atoms with Crippen LogP contribution in [0, 0.1) is 5.82 Å². The SMILES string of the molecule is O=C(c1cc(Cl)ccc1F)N1CCC(OCc2ccncc2)C1. The number of carbonyl (C=O) groups excluding carboxylic acids is 1. The highest BCUT2D eigenvalue weighted by Gasteiger charge is 2.29. The molecule has 0 saturated carbocycles. The molecule has 0 aliphatic carbocycles. The third-order valence-electron chi connectivity index (χ3n) is 3.83. The van der Waals surface area contributed by atoms with Crippen LogP contribution in [0.25, 0.3) is 0 Å². The number of aromatic nitrogens is 1. The number of halogens is 2. The highest BCUT2D eigenvalue weighted by atomic mass is 35.5. The Kier molecular flexibility index (Phi) is 4.88. The number of ether oxygens (including phenoxy) is 1. The molecule has 0 spiro atoms. The molecule has 2 heterocycles. The molecule has 0 bridgehead atoms. The van der Waals surface area contributed by atoms with E-state index in [4.69, 9.17) is 16.3 Å². The van der Waals surface area contributed by atoms with Crippen molar-refractivity contribution >= 4 is 17.5 Å². The number of nitrogens with zero attached hydrogens (tertiary/aromatic N) is 2. The van der Waals surface area contributed by atoms with Crippen molar-refractivity contribution in [2.75, 3.05) is 13.1 Å². The highest BCUT2D eigenvalue weighted by molar-refractivity contribution is 6.31. The molecule has 1 amide bonds. The Bertz CT molecular complexity index is 696. The van der Waals surface area contributed by atoms with Gasteiger partial charge < -0.3 is 9.64 Å². The van der Waals surface area contributed by atoms with Crippen molar-refractivity contribution in [2.24, 2.45) is 0 Å². The fourth-order valence-corrected chi connectivity index (χ4v) is 2.75. The first-order valence-electron chi connectivity index (χ1n) is 7.38. The van der Waals surface area contributed by atoms with Crippen molar-refractivity contribution in [1.82, 2.24) is 9.88 Å². The average Bonchev–Trinajstić information content (AvgIpc) is 3.04. The normalized spacial score (nSPS) is 17.5.